The number of hydrogen-bond acceptors (Lipinski definition) is 9. The number of aromatic nitrogens is 2. The summed E-state index contributed by atoms with van der Waals surface area (Å²) < 4.78 is 19.2. The first-order valence-corrected chi connectivity index (χ1v) is 37.7. The molecule has 0 saturated carbocycles. The van der Waals surface area contributed by atoms with Crippen molar-refractivity contribution < 1.29 is 28.6 Å². The van der Waals surface area contributed by atoms with Gasteiger partial charge in [0, 0.05) is 75.3 Å². The molecule has 2 N–H and O–H groups in total. The zero-order valence-electron chi connectivity index (χ0n) is 55.7. The Morgan fingerprint density at radius 3 is 1.20 bits per heavy atom. The molecule has 486 valence electrons. The first-order valence-electron chi connectivity index (χ1n) is 32.7. The van der Waals surface area contributed by atoms with Crippen LogP contribution in [0.4, 0.5) is 11.4 Å². The second-order valence-electron chi connectivity index (χ2n) is 25.0. The minimum absolute atomic E-state index is 0.0284. The largest absolute Gasteiger partial charge is 0.488 e. The average molecular weight is 1290 g/mol. The fourth-order valence-electron chi connectivity index (χ4n) is 11.2. The van der Waals surface area contributed by atoms with Gasteiger partial charge < -0.3 is 33.8 Å². The Morgan fingerprint density at radius 1 is 0.489 bits per heavy atom. The number of halogens is 1. The predicted molar refractivity (Wildman–Crippen MR) is 391 cm³/mol. The molecule has 1 aromatic heterocycles. The van der Waals surface area contributed by atoms with Crippen molar-refractivity contribution in [2.24, 2.45) is 0 Å². The van der Waals surface area contributed by atoms with E-state index in [1.165, 1.54) is 20.7 Å². The smallest absolute Gasteiger partial charge is 0.261 e. The minimum atomic E-state index is -2.53. The molecule has 0 bridgehead atoms. The van der Waals surface area contributed by atoms with Gasteiger partial charge in [0.25, 0.3) is 8.32 Å². The molecule has 0 aliphatic carbocycles. The number of nitrogens with one attached hydrogen (secondary N) is 1. The van der Waals surface area contributed by atoms with Crippen molar-refractivity contribution >= 4 is 71.5 Å². The van der Waals surface area contributed by atoms with Crippen LogP contribution in [-0.4, -0.2) is 82.7 Å². The van der Waals surface area contributed by atoms with E-state index < -0.39 is 15.7 Å². The molecule has 1 heterocycles. The van der Waals surface area contributed by atoms with Gasteiger partial charge in [0.1, 0.15) is 24.7 Å². The monoisotopic (exact) mass is 1290 g/mol. The zero-order chi connectivity index (χ0) is 65.9. The van der Waals surface area contributed by atoms with Gasteiger partial charge in [-0.25, -0.2) is 4.98 Å². The van der Waals surface area contributed by atoms with Crippen LogP contribution in [0.25, 0.3) is 0 Å². The third kappa shape index (κ3) is 21.9. The molecule has 13 heteroatoms. The third-order valence-electron chi connectivity index (χ3n) is 16.2. The Balaban J connectivity index is 0.000000230. The maximum absolute atomic E-state index is 11.8. The minimum Gasteiger partial charge on any atom is -0.488 e. The lowest BCUT2D eigenvalue weighted by atomic mass is 10.1. The van der Waals surface area contributed by atoms with E-state index in [2.05, 4.69) is 184 Å². The van der Waals surface area contributed by atoms with Crippen LogP contribution in [0.5, 0.6) is 11.5 Å². The quantitative estimate of drug-likeness (QED) is 0.0196. The number of ether oxygens (including phenoxy) is 2. The fraction of sp³-hybridized carbons (Fsp3) is 0.329. The van der Waals surface area contributed by atoms with Crippen molar-refractivity contribution in [2.45, 2.75) is 130 Å². The number of unbranched alkanes of at least 4 members (excludes halogenated alkanes) is 4. The molecular formula is C79H99ClN4O6Si2. The van der Waals surface area contributed by atoms with E-state index in [9.17, 15) is 9.59 Å². The van der Waals surface area contributed by atoms with E-state index in [0.29, 0.717) is 42.4 Å². The fourth-order valence-corrected chi connectivity index (χ4v) is 19.9. The first-order chi connectivity index (χ1) is 44.6. The van der Waals surface area contributed by atoms with E-state index in [1.807, 2.05) is 109 Å². The number of hydrogen-bond donors (Lipinski definition) is 2. The molecule has 0 unspecified atom stereocenters. The second-order valence-corrected chi connectivity index (χ2v) is 34.9. The summed E-state index contributed by atoms with van der Waals surface area (Å²) in [4.78, 5) is 34.3. The van der Waals surface area contributed by atoms with Gasteiger partial charge >= 0.3 is 0 Å². The van der Waals surface area contributed by atoms with E-state index in [1.54, 1.807) is 18.7 Å². The van der Waals surface area contributed by atoms with Gasteiger partial charge in [-0.15, -0.1) is 0 Å². The molecule has 0 amide bonds. The zero-order valence-corrected chi connectivity index (χ0v) is 58.4. The number of aromatic amines is 1. The van der Waals surface area contributed by atoms with Gasteiger partial charge in [0.2, 0.25) is 7.38 Å². The van der Waals surface area contributed by atoms with Gasteiger partial charge in [-0.1, -0.05) is 250 Å². The summed E-state index contributed by atoms with van der Waals surface area (Å²) in [6, 6.07) is 74.5. The van der Waals surface area contributed by atoms with Crippen LogP contribution in [0, 0.1) is 0 Å². The van der Waals surface area contributed by atoms with E-state index in [-0.39, 0.29) is 16.7 Å². The molecule has 0 atom stereocenters. The van der Waals surface area contributed by atoms with Crippen LogP contribution in [0.3, 0.4) is 0 Å². The van der Waals surface area contributed by atoms with E-state index in [4.69, 9.17) is 30.1 Å². The normalized spacial score (nSPS) is 11.3. The molecule has 9 rings (SSSR count). The Labute approximate surface area is 556 Å². The van der Waals surface area contributed by atoms with Gasteiger partial charge in [0.15, 0.2) is 12.6 Å². The van der Waals surface area contributed by atoms with Crippen molar-refractivity contribution in [1.29, 1.82) is 0 Å². The van der Waals surface area contributed by atoms with Crippen LogP contribution < -0.4 is 40.0 Å². The molecule has 0 aliphatic heterocycles. The SMILES string of the molecule is CC(C)(C)[Si](Cl)(c1ccccc1)c1ccccc1.CCCCN(CCCCO)c1ccc(C=O)c(OCc2ccccc2)c1.CCCCN(CCCCO[Si](c1ccccc1)(c1ccccc1)C(C)(C)C)c1ccc(C=O)c(OCc2ccccc2)c1.c1c[nH]cn1. The van der Waals surface area contributed by atoms with Crippen LogP contribution in [0.1, 0.15) is 139 Å². The number of nitrogens with zero attached hydrogens (tertiary/aromatic N) is 3. The number of aldehydes is 2. The lowest BCUT2D eigenvalue weighted by Gasteiger charge is -2.43. The number of H-pyrrole nitrogens is 1. The summed E-state index contributed by atoms with van der Waals surface area (Å²) in [7, 11) is -4.76. The summed E-state index contributed by atoms with van der Waals surface area (Å²) >= 11 is 7.21. The number of aliphatic hydroxyl groups is 1. The highest BCUT2D eigenvalue weighted by Gasteiger charge is 2.50. The highest BCUT2D eigenvalue weighted by Crippen LogP contribution is 2.39. The highest BCUT2D eigenvalue weighted by atomic mass is 35.6. The van der Waals surface area contributed by atoms with Crippen LogP contribution in [0.2, 0.25) is 10.1 Å². The molecular weight excluding hydrogens is 1190 g/mol. The lowest BCUT2D eigenvalue weighted by Crippen LogP contribution is -2.66. The Hall–Kier alpha value is -7.85. The molecule has 0 spiro atoms. The second kappa shape index (κ2) is 38.9. The van der Waals surface area contributed by atoms with Crippen LogP contribution in [-0.2, 0) is 17.6 Å². The standard InChI is InChI=1S/C38H47NO3Si.C22H29NO3.C16H19ClSi.C3H4N2/c1-5-6-26-39(34-25-24-33(30-40)37(29-34)41-31-32-18-10-7-11-19-32)27-16-17-28-42-43(38(2,3)4,35-20-12-8-13-21-35)36-22-14-9-15-23-36;1-2-3-13-23(14-7-8-15-24)21-12-11-20(17-25)22(16-21)26-18-19-9-5-4-6-10-19;1-16(2,3)18(17,14-10-6-4-7-11-14)15-12-8-5-9-13-15;1-2-5-3-4-1/h7-15,18-25,29-30H,5-6,16-17,26-28,31H2,1-4H3;4-6,9-12,16-17,24H,2-3,7-8,13-15,18H2,1H3;4-13H,1-3H3;1-3H,(H,4,5). The molecule has 9 aromatic rings. The maximum atomic E-state index is 11.8. The number of benzene rings is 8. The Bertz CT molecular complexity index is 3330. The molecule has 0 radical (unpaired) electrons. The van der Waals surface area contributed by atoms with Crippen molar-refractivity contribution in [2.75, 3.05) is 49.2 Å². The summed E-state index contributed by atoms with van der Waals surface area (Å²) in [5.74, 6) is 1.25. The number of imidazole rings is 1. The Morgan fingerprint density at radius 2 is 0.870 bits per heavy atom. The number of carbonyl (C=O) groups excluding carboxylic acids is 2. The molecule has 0 aliphatic rings. The number of carbonyl (C=O) groups is 2. The highest BCUT2D eigenvalue weighted by molar-refractivity contribution is 7.35. The molecule has 0 saturated heterocycles. The molecule has 10 nitrogen and oxygen atoms in total. The van der Waals surface area contributed by atoms with E-state index in [0.717, 1.165) is 113 Å². The lowest BCUT2D eigenvalue weighted by molar-refractivity contribution is 0.111. The van der Waals surface area contributed by atoms with Gasteiger partial charge in [-0.05, 0) is 105 Å². The first kappa shape index (κ1) is 73.2. The van der Waals surface area contributed by atoms with Crippen LogP contribution >= 0.6 is 11.1 Å². The number of anilines is 2. The van der Waals surface area contributed by atoms with E-state index >= 15 is 0 Å². The van der Waals surface area contributed by atoms with Gasteiger partial charge in [-0.3, -0.25) is 9.59 Å². The topological polar surface area (TPSA) is 117 Å². The summed E-state index contributed by atoms with van der Waals surface area (Å²) in [5, 5.41) is 14.3. The molecule has 0 fully saturated rings. The van der Waals surface area contributed by atoms with Gasteiger partial charge in [0.05, 0.1) is 17.5 Å². The summed E-state index contributed by atoms with van der Waals surface area (Å²) in [6.07, 6.45) is 15.0. The Kier molecular flexibility index (Phi) is 30.9. The maximum Gasteiger partial charge on any atom is 0.261 e. The molecule has 8 aromatic carbocycles. The van der Waals surface area contributed by atoms with Crippen molar-refractivity contribution in [3.63, 3.8) is 0 Å². The number of rotatable bonds is 30. The summed E-state index contributed by atoms with van der Waals surface area (Å²) in [6.45, 7) is 23.6. The average Bonchev–Trinajstić information content (AvgIpc) is 0.850. The third-order valence-corrected chi connectivity index (χ3v) is 28.6. The van der Waals surface area contributed by atoms with Crippen LogP contribution in [0.15, 0.2) is 237 Å². The predicted octanol–water partition coefficient (Wildman–Crippen LogP) is 16.7. The molecule has 92 heavy (non-hydrogen) atoms. The van der Waals surface area contributed by atoms with Crippen molar-refractivity contribution in [1.82, 2.24) is 9.97 Å². The summed E-state index contributed by atoms with van der Waals surface area (Å²) in [5.41, 5.74) is 5.44. The van der Waals surface area contributed by atoms with Crippen molar-refractivity contribution in [3.8, 4) is 11.5 Å². The van der Waals surface area contributed by atoms with Crippen molar-refractivity contribution in [3.05, 3.63) is 259 Å². The number of aliphatic hydroxyl groups excluding tert-OH is 1. The van der Waals surface area contributed by atoms with Gasteiger partial charge in [-0.2, -0.15) is 11.1 Å².